The van der Waals surface area contributed by atoms with Gasteiger partial charge in [-0.15, -0.1) is 0 Å². The van der Waals surface area contributed by atoms with E-state index < -0.39 is 0 Å². The number of hydrogen-bond donors (Lipinski definition) is 1. The van der Waals surface area contributed by atoms with Crippen molar-refractivity contribution in [2.75, 3.05) is 19.7 Å². The normalized spacial score (nSPS) is 11.1. The van der Waals surface area contributed by atoms with E-state index in [1.165, 1.54) is 23.7 Å². The van der Waals surface area contributed by atoms with Crippen molar-refractivity contribution in [3.05, 3.63) is 30.5 Å². The van der Waals surface area contributed by atoms with Gasteiger partial charge in [0.25, 0.3) is 0 Å². The van der Waals surface area contributed by atoms with Crippen molar-refractivity contribution >= 4 is 10.9 Å². The minimum absolute atomic E-state index is 0.788. The number of nitrogens with one attached hydrogen (secondary N) is 1. The second kappa shape index (κ2) is 7.95. The lowest BCUT2D eigenvalue weighted by molar-refractivity contribution is 0.318. The van der Waals surface area contributed by atoms with Crippen LogP contribution >= 0.6 is 0 Å². The molecule has 0 atom stereocenters. The van der Waals surface area contributed by atoms with Gasteiger partial charge < -0.3 is 14.6 Å². The summed E-state index contributed by atoms with van der Waals surface area (Å²) in [5, 5.41) is 4.64. The average Bonchev–Trinajstić information content (AvgIpc) is 2.87. The molecule has 0 saturated carbocycles. The molecule has 0 radical (unpaired) electrons. The Morgan fingerprint density at radius 3 is 2.85 bits per heavy atom. The molecule has 1 N–H and O–H groups in total. The molecule has 0 fully saturated rings. The van der Waals surface area contributed by atoms with Crippen LogP contribution in [0.1, 0.15) is 33.1 Å². The smallest absolute Gasteiger partial charge is 0.120 e. The number of aromatic nitrogens is 1. The molecule has 2 rings (SSSR count). The van der Waals surface area contributed by atoms with E-state index >= 15 is 0 Å². The predicted molar refractivity (Wildman–Crippen MR) is 85.5 cm³/mol. The van der Waals surface area contributed by atoms with E-state index in [0.29, 0.717) is 0 Å². The van der Waals surface area contributed by atoms with Gasteiger partial charge in [-0.3, -0.25) is 0 Å². The van der Waals surface area contributed by atoms with Crippen LogP contribution in [0.5, 0.6) is 5.75 Å². The predicted octanol–water partition coefficient (Wildman–Crippen LogP) is 3.82. The first-order valence-electron chi connectivity index (χ1n) is 7.77. The van der Waals surface area contributed by atoms with Crippen LogP contribution in [-0.4, -0.2) is 24.3 Å². The average molecular weight is 274 g/mol. The highest BCUT2D eigenvalue weighted by Crippen LogP contribution is 2.22. The largest absolute Gasteiger partial charge is 0.494 e. The fourth-order valence-electron chi connectivity index (χ4n) is 2.39. The van der Waals surface area contributed by atoms with Crippen molar-refractivity contribution in [3.8, 4) is 5.75 Å². The summed E-state index contributed by atoms with van der Waals surface area (Å²) in [6.07, 6.45) is 5.67. The first-order chi connectivity index (χ1) is 9.85. The van der Waals surface area contributed by atoms with Crippen LogP contribution in [0.2, 0.25) is 0 Å². The zero-order valence-corrected chi connectivity index (χ0v) is 12.7. The lowest BCUT2D eigenvalue weighted by atomic mass is 10.2. The molecule has 1 aromatic carbocycles. The van der Waals surface area contributed by atoms with E-state index in [9.17, 15) is 0 Å². The van der Waals surface area contributed by atoms with Gasteiger partial charge in [0.15, 0.2) is 0 Å². The molecule has 20 heavy (non-hydrogen) atoms. The standard InChI is InChI=1S/C17H26N2O/c1-3-13-20-16-7-8-17-15(14-16)9-12-19(17)11-6-5-10-18-4-2/h7-9,12,14,18H,3-6,10-11,13H2,1-2H3. The van der Waals surface area contributed by atoms with Crippen molar-refractivity contribution in [3.63, 3.8) is 0 Å². The zero-order chi connectivity index (χ0) is 14.2. The van der Waals surface area contributed by atoms with Crippen LogP contribution in [0.3, 0.4) is 0 Å². The van der Waals surface area contributed by atoms with Crippen molar-refractivity contribution in [1.29, 1.82) is 0 Å². The first kappa shape index (κ1) is 14.9. The molecule has 110 valence electrons. The first-order valence-corrected chi connectivity index (χ1v) is 7.77. The van der Waals surface area contributed by atoms with E-state index in [4.69, 9.17) is 4.74 Å². The van der Waals surface area contributed by atoms with Crippen LogP contribution in [-0.2, 0) is 6.54 Å². The van der Waals surface area contributed by atoms with Crippen molar-refractivity contribution in [2.45, 2.75) is 39.7 Å². The fourth-order valence-corrected chi connectivity index (χ4v) is 2.39. The number of ether oxygens (including phenoxy) is 1. The maximum absolute atomic E-state index is 5.68. The summed E-state index contributed by atoms with van der Waals surface area (Å²) in [5.41, 5.74) is 1.30. The molecular formula is C17H26N2O. The maximum Gasteiger partial charge on any atom is 0.120 e. The van der Waals surface area contributed by atoms with Gasteiger partial charge in [0.2, 0.25) is 0 Å². The quantitative estimate of drug-likeness (QED) is 0.704. The summed E-state index contributed by atoms with van der Waals surface area (Å²) in [5.74, 6) is 0.976. The van der Waals surface area contributed by atoms with E-state index in [1.54, 1.807) is 0 Å². The maximum atomic E-state index is 5.68. The Bertz CT molecular complexity index is 519. The molecule has 0 aliphatic carbocycles. The molecule has 0 unspecified atom stereocenters. The van der Waals surface area contributed by atoms with Gasteiger partial charge in [-0.25, -0.2) is 0 Å². The van der Waals surface area contributed by atoms with Gasteiger partial charge in [-0.2, -0.15) is 0 Å². The van der Waals surface area contributed by atoms with Crippen molar-refractivity contribution < 1.29 is 4.74 Å². The third-order valence-electron chi connectivity index (χ3n) is 3.47. The van der Waals surface area contributed by atoms with Crippen LogP contribution in [0.25, 0.3) is 10.9 Å². The zero-order valence-electron chi connectivity index (χ0n) is 12.7. The SMILES string of the molecule is CCCOc1ccc2c(ccn2CCCCNCC)c1. The molecule has 2 aromatic rings. The highest BCUT2D eigenvalue weighted by atomic mass is 16.5. The highest BCUT2D eigenvalue weighted by molar-refractivity contribution is 5.81. The molecule has 0 aliphatic heterocycles. The van der Waals surface area contributed by atoms with E-state index in [-0.39, 0.29) is 0 Å². The number of aryl methyl sites for hydroxylation is 1. The second-order valence-corrected chi connectivity index (χ2v) is 5.14. The molecule has 0 aliphatic rings. The summed E-state index contributed by atoms with van der Waals surface area (Å²) in [4.78, 5) is 0. The summed E-state index contributed by atoms with van der Waals surface area (Å²) in [6.45, 7) is 8.33. The molecule has 1 aromatic heterocycles. The summed E-state index contributed by atoms with van der Waals surface area (Å²) in [6, 6.07) is 8.57. The van der Waals surface area contributed by atoms with Gasteiger partial charge in [0, 0.05) is 23.6 Å². The van der Waals surface area contributed by atoms with Crippen LogP contribution < -0.4 is 10.1 Å². The summed E-state index contributed by atoms with van der Waals surface area (Å²) in [7, 11) is 0. The fraction of sp³-hybridized carbons (Fsp3) is 0.529. The minimum Gasteiger partial charge on any atom is -0.494 e. The Morgan fingerprint density at radius 2 is 2.05 bits per heavy atom. The Balaban J connectivity index is 1.94. The number of hydrogen-bond acceptors (Lipinski definition) is 2. The number of nitrogens with zero attached hydrogens (tertiary/aromatic N) is 1. The molecule has 0 bridgehead atoms. The molecule has 1 heterocycles. The molecule has 0 saturated heterocycles. The third kappa shape index (κ3) is 4.01. The Hall–Kier alpha value is -1.48. The summed E-state index contributed by atoms with van der Waals surface area (Å²) >= 11 is 0. The van der Waals surface area contributed by atoms with Crippen LogP contribution in [0.15, 0.2) is 30.5 Å². The molecule has 3 nitrogen and oxygen atoms in total. The Morgan fingerprint density at radius 1 is 1.15 bits per heavy atom. The lowest BCUT2D eigenvalue weighted by Gasteiger charge is -2.07. The lowest BCUT2D eigenvalue weighted by Crippen LogP contribution is -2.14. The highest BCUT2D eigenvalue weighted by Gasteiger charge is 2.02. The topological polar surface area (TPSA) is 26.2 Å². The van der Waals surface area contributed by atoms with Gasteiger partial charge >= 0.3 is 0 Å². The van der Waals surface area contributed by atoms with Gasteiger partial charge in [-0.1, -0.05) is 13.8 Å². The Kier molecular flexibility index (Phi) is 5.93. The molecule has 0 spiro atoms. The number of rotatable bonds is 9. The number of fused-ring (bicyclic) bond motifs is 1. The third-order valence-corrected chi connectivity index (χ3v) is 3.47. The van der Waals surface area contributed by atoms with Gasteiger partial charge in [0.05, 0.1) is 6.61 Å². The van der Waals surface area contributed by atoms with E-state index in [0.717, 1.165) is 38.4 Å². The molecular weight excluding hydrogens is 248 g/mol. The number of benzene rings is 1. The molecule has 0 amide bonds. The van der Waals surface area contributed by atoms with Gasteiger partial charge in [0.1, 0.15) is 5.75 Å². The minimum atomic E-state index is 0.788. The van der Waals surface area contributed by atoms with Crippen molar-refractivity contribution in [1.82, 2.24) is 9.88 Å². The summed E-state index contributed by atoms with van der Waals surface area (Å²) < 4.78 is 8.02. The van der Waals surface area contributed by atoms with Crippen molar-refractivity contribution in [2.24, 2.45) is 0 Å². The van der Waals surface area contributed by atoms with Gasteiger partial charge in [-0.05, 0) is 56.6 Å². The van der Waals surface area contributed by atoms with E-state index in [1.807, 2.05) is 0 Å². The Labute approximate surface area is 121 Å². The number of unbranched alkanes of at least 4 members (excludes halogenated alkanes) is 1. The molecule has 3 heteroatoms. The van der Waals surface area contributed by atoms with Crippen LogP contribution in [0.4, 0.5) is 0 Å². The monoisotopic (exact) mass is 274 g/mol. The van der Waals surface area contributed by atoms with Crippen LogP contribution in [0, 0.1) is 0 Å². The van der Waals surface area contributed by atoms with E-state index in [2.05, 4.69) is 54.2 Å². The second-order valence-electron chi connectivity index (χ2n) is 5.14.